The molecule has 96 valence electrons. The third-order valence-electron chi connectivity index (χ3n) is 3.40. The van der Waals surface area contributed by atoms with E-state index in [0.717, 1.165) is 37.0 Å². The molecule has 1 aromatic carbocycles. The first-order chi connectivity index (χ1) is 8.77. The van der Waals surface area contributed by atoms with Crippen LogP contribution in [0.5, 0.6) is 0 Å². The van der Waals surface area contributed by atoms with Gasteiger partial charge in [0.05, 0.1) is 11.6 Å². The average Bonchev–Trinajstić information content (AvgIpc) is 2.46. The van der Waals surface area contributed by atoms with Gasteiger partial charge in [0.1, 0.15) is 0 Å². The maximum Gasteiger partial charge on any atom is 0.338 e. The Balaban J connectivity index is 1.91. The normalized spacial score (nSPS) is 17.5. The van der Waals surface area contributed by atoms with Gasteiger partial charge in [-0.1, -0.05) is 54.8 Å². The van der Waals surface area contributed by atoms with Crippen molar-refractivity contribution in [3.05, 3.63) is 35.9 Å². The summed E-state index contributed by atoms with van der Waals surface area (Å²) >= 11 is 0. The number of carbonyl (C=O) groups excluding carboxylic acids is 1. The number of rotatable bonds is 3. The molecule has 1 aliphatic rings. The van der Waals surface area contributed by atoms with Crippen LogP contribution in [-0.2, 0) is 9.63 Å². The van der Waals surface area contributed by atoms with Crippen LogP contribution in [-0.4, -0.2) is 11.7 Å². The summed E-state index contributed by atoms with van der Waals surface area (Å²) in [4.78, 5) is 16.9. The van der Waals surface area contributed by atoms with Crippen molar-refractivity contribution in [1.29, 1.82) is 0 Å². The zero-order valence-corrected chi connectivity index (χ0v) is 10.8. The molecule has 1 saturated carbocycles. The highest BCUT2D eigenvalue weighted by Crippen LogP contribution is 2.24. The van der Waals surface area contributed by atoms with Gasteiger partial charge in [-0.2, -0.15) is 0 Å². The lowest BCUT2D eigenvalue weighted by molar-refractivity contribution is -0.149. The molecule has 1 aliphatic carbocycles. The average molecular weight is 245 g/mol. The van der Waals surface area contributed by atoms with E-state index in [1.54, 1.807) is 0 Å². The second-order valence-electron chi connectivity index (χ2n) is 4.79. The van der Waals surface area contributed by atoms with Crippen LogP contribution in [0.4, 0.5) is 0 Å². The summed E-state index contributed by atoms with van der Waals surface area (Å²) in [6, 6.07) is 9.74. The van der Waals surface area contributed by atoms with Crippen molar-refractivity contribution < 1.29 is 9.63 Å². The lowest BCUT2D eigenvalue weighted by atomic mass is 9.89. The van der Waals surface area contributed by atoms with Crippen molar-refractivity contribution in [2.45, 2.75) is 39.0 Å². The Hall–Kier alpha value is -1.64. The zero-order valence-electron chi connectivity index (χ0n) is 10.8. The van der Waals surface area contributed by atoms with Crippen molar-refractivity contribution in [2.24, 2.45) is 11.1 Å². The first-order valence-electron chi connectivity index (χ1n) is 6.58. The van der Waals surface area contributed by atoms with Crippen molar-refractivity contribution in [2.75, 3.05) is 0 Å². The highest BCUT2D eigenvalue weighted by Gasteiger charge is 2.22. The molecule has 18 heavy (non-hydrogen) atoms. The molecule has 3 heteroatoms. The molecular formula is C15H19NO2. The quantitative estimate of drug-likeness (QED) is 0.464. The Labute approximate surface area is 108 Å². The highest BCUT2D eigenvalue weighted by atomic mass is 16.7. The molecule has 0 amide bonds. The summed E-state index contributed by atoms with van der Waals surface area (Å²) < 4.78 is 0. The van der Waals surface area contributed by atoms with E-state index >= 15 is 0 Å². The molecule has 0 N–H and O–H groups in total. The number of hydrogen-bond donors (Lipinski definition) is 0. The van der Waals surface area contributed by atoms with Gasteiger partial charge in [-0.25, -0.2) is 4.79 Å². The minimum absolute atomic E-state index is 0.0473. The number of nitrogens with zero attached hydrogens (tertiary/aromatic N) is 1. The van der Waals surface area contributed by atoms with Crippen molar-refractivity contribution in [1.82, 2.24) is 0 Å². The Morgan fingerprint density at radius 1 is 1.17 bits per heavy atom. The molecule has 0 unspecified atom stereocenters. The number of benzene rings is 1. The lowest BCUT2D eigenvalue weighted by Gasteiger charge is -2.18. The van der Waals surface area contributed by atoms with Gasteiger partial charge in [0.25, 0.3) is 0 Å². The largest absolute Gasteiger partial charge is 0.338 e. The van der Waals surface area contributed by atoms with Crippen LogP contribution in [0.2, 0.25) is 0 Å². The van der Waals surface area contributed by atoms with Gasteiger partial charge < -0.3 is 4.84 Å². The summed E-state index contributed by atoms with van der Waals surface area (Å²) in [5.41, 5.74) is 1.72. The fourth-order valence-corrected chi connectivity index (χ4v) is 2.26. The van der Waals surface area contributed by atoms with Gasteiger partial charge in [0.15, 0.2) is 0 Å². The first-order valence-corrected chi connectivity index (χ1v) is 6.58. The molecule has 0 saturated heterocycles. The third-order valence-corrected chi connectivity index (χ3v) is 3.40. The van der Waals surface area contributed by atoms with E-state index in [0.29, 0.717) is 0 Å². The maximum absolute atomic E-state index is 11.8. The van der Waals surface area contributed by atoms with Crippen LogP contribution in [0.1, 0.15) is 44.6 Å². The molecule has 0 heterocycles. The van der Waals surface area contributed by atoms with E-state index in [1.807, 2.05) is 37.3 Å². The topological polar surface area (TPSA) is 38.7 Å². The fraction of sp³-hybridized carbons (Fsp3) is 0.467. The Morgan fingerprint density at radius 3 is 2.50 bits per heavy atom. The van der Waals surface area contributed by atoms with Gasteiger partial charge in [0.2, 0.25) is 0 Å². The van der Waals surface area contributed by atoms with Gasteiger partial charge in [-0.15, -0.1) is 0 Å². The number of hydrogen-bond acceptors (Lipinski definition) is 3. The monoisotopic (exact) mass is 245 g/mol. The summed E-state index contributed by atoms with van der Waals surface area (Å²) in [5.74, 6) is -0.129. The Morgan fingerprint density at radius 2 is 1.83 bits per heavy atom. The van der Waals surface area contributed by atoms with E-state index in [4.69, 9.17) is 4.84 Å². The minimum Gasteiger partial charge on any atom is -0.318 e. The smallest absolute Gasteiger partial charge is 0.318 e. The number of carbonyl (C=O) groups is 1. The van der Waals surface area contributed by atoms with Crippen molar-refractivity contribution >= 4 is 11.7 Å². The molecule has 0 aromatic heterocycles. The molecule has 3 nitrogen and oxygen atoms in total. The molecule has 0 atom stereocenters. The summed E-state index contributed by atoms with van der Waals surface area (Å²) in [6.07, 6.45) is 5.37. The van der Waals surface area contributed by atoms with Crippen molar-refractivity contribution in [3.8, 4) is 0 Å². The van der Waals surface area contributed by atoms with Crippen molar-refractivity contribution in [3.63, 3.8) is 0 Å². The molecule has 0 spiro atoms. The van der Waals surface area contributed by atoms with E-state index in [-0.39, 0.29) is 11.9 Å². The minimum atomic E-state index is -0.176. The summed E-state index contributed by atoms with van der Waals surface area (Å²) in [6.45, 7) is 1.85. The molecule has 0 bridgehead atoms. The zero-order chi connectivity index (χ0) is 12.8. The van der Waals surface area contributed by atoms with Crippen LogP contribution in [0.15, 0.2) is 35.5 Å². The van der Waals surface area contributed by atoms with E-state index in [9.17, 15) is 4.79 Å². The van der Waals surface area contributed by atoms with Gasteiger partial charge in [-0.05, 0) is 25.3 Å². The Bertz CT molecular complexity index is 419. The Kier molecular flexibility index (Phi) is 4.51. The molecule has 0 aliphatic heterocycles. The first kappa shape index (κ1) is 12.8. The van der Waals surface area contributed by atoms with E-state index in [2.05, 4.69) is 5.16 Å². The number of oxime groups is 1. The second-order valence-corrected chi connectivity index (χ2v) is 4.79. The summed E-state index contributed by atoms with van der Waals surface area (Å²) in [7, 11) is 0. The van der Waals surface area contributed by atoms with Crippen LogP contribution in [0, 0.1) is 5.92 Å². The van der Waals surface area contributed by atoms with E-state index < -0.39 is 0 Å². The molecular weight excluding hydrogens is 226 g/mol. The second kappa shape index (κ2) is 6.34. The molecule has 0 radical (unpaired) electrons. The SMILES string of the molecule is C/C(=N\OC(=O)C1CCCCC1)c1ccccc1. The highest BCUT2D eigenvalue weighted by molar-refractivity contribution is 5.98. The van der Waals surface area contributed by atoms with Gasteiger partial charge in [0, 0.05) is 0 Å². The van der Waals surface area contributed by atoms with Crippen LogP contribution < -0.4 is 0 Å². The van der Waals surface area contributed by atoms with Gasteiger partial charge >= 0.3 is 5.97 Å². The third kappa shape index (κ3) is 3.42. The van der Waals surface area contributed by atoms with Crippen LogP contribution >= 0.6 is 0 Å². The standard InChI is InChI=1S/C15H19NO2/c1-12(13-8-4-2-5-9-13)16-18-15(17)14-10-6-3-7-11-14/h2,4-5,8-9,14H,3,6-7,10-11H2,1H3/b16-12+. The lowest BCUT2D eigenvalue weighted by Crippen LogP contribution is -2.19. The van der Waals surface area contributed by atoms with E-state index in [1.165, 1.54) is 6.42 Å². The van der Waals surface area contributed by atoms with Crippen LogP contribution in [0.25, 0.3) is 0 Å². The molecule has 1 fully saturated rings. The molecule has 2 rings (SSSR count). The fourth-order valence-electron chi connectivity index (χ4n) is 2.26. The van der Waals surface area contributed by atoms with Gasteiger partial charge in [-0.3, -0.25) is 0 Å². The predicted molar refractivity (Wildman–Crippen MR) is 71.3 cm³/mol. The molecule has 1 aromatic rings. The summed E-state index contributed by atoms with van der Waals surface area (Å²) in [5, 5.41) is 3.94. The predicted octanol–water partition coefficient (Wildman–Crippen LogP) is 3.53. The maximum atomic E-state index is 11.8. The van der Waals surface area contributed by atoms with Crippen LogP contribution in [0.3, 0.4) is 0 Å².